The Balaban J connectivity index is 1.34. The Morgan fingerprint density at radius 2 is 1.67 bits per heavy atom. The molecular weight excluding hydrogens is 384 g/mol. The minimum absolute atomic E-state index is 0.166. The van der Waals surface area contributed by atoms with Crippen LogP contribution >= 0.6 is 0 Å². The van der Waals surface area contributed by atoms with Crippen molar-refractivity contribution in [3.05, 3.63) is 83.9 Å². The van der Waals surface area contributed by atoms with Gasteiger partial charge in [-0.15, -0.1) is 0 Å². The highest BCUT2D eigenvalue weighted by Gasteiger charge is 2.16. The van der Waals surface area contributed by atoms with Gasteiger partial charge in [-0.2, -0.15) is 0 Å². The smallest absolute Gasteiger partial charge is 0.262 e. The second-order valence-electron chi connectivity index (χ2n) is 6.57. The molecule has 0 spiro atoms. The van der Waals surface area contributed by atoms with Crippen molar-refractivity contribution in [2.75, 3.05) is 18.7 Å². The minimum atomic E-state index is -0.353. The quantitative estimate of drug-likeness (QED) is 0.631. The predicted octanol–water partition coefficient (Wildman–Crippen LogP) is 3.36. The molecule has 3 aromatic carbocycles. The van der Waals surface area contributed by atoms with E-state index in [0.717, 1.165) is 5.56 Å². The third kappa shape index (κ3) is 4.70. The van der Waals surface area contributed by atoms with E-state index in [0.29, 0.717) is 35.0 Å². The summed E-state index contributed by atoms with van der Waals surface area (Å²) in [7, 11) is 0. The highest BCUT2D eigenvalue weighted by Crippen LogP contribution is 2.34. The fourth-order valence-electron chi connectivity index (χ4n) is 2.97. The van der Waals surface area contributed by atoms with Crippen molar-refractivity contribution in [2.24, 2.45) is 0 Å². The van der Waals surface area contributed by atoms with Crippen LogP contribution in [0.15, 0.2) is 72.8 Å². The van der Waals surface area contributed by atoms with E-state index in [1.807, 2.05) is 30.3 Å². The van der Waals surface area contributed by atoms with E-state index in [4.69, 9.17) is 14.2 Å². The molecule has 0 bridgehead atoms. The van der Waals surface area contributed by atoms with Gasteiger partial charge in [0, 0.05) is 18.3 Å². The van der Waals surface area contributed by atoms with Gasteiger partial charge in [-0.05, 0) is 29.8 Å². The topological polar surface area (TPSA) is 85.9 Å². The standard InChI is InChI=1S/C23H20N2O5/c26-22(25-17-10-11-20-21(12-17)30-15-29-20)14-28-19-9-5-4-8-18(19)23(27)24-13-16-6-2-1-3-7-16/h1-12H,13-15H2,(H,24,27)(H,25,26). The van der Waals surface area contributed by atoms with Crippen LogP contribution < -0.4 is 24.8 Å². The van der Waals surface area contributed by atoms with Crippen LogP contribution in [-0.4, -0.2) is 25.2 Å². The van der Waals surface area contributed by atoms with Gasteiger partial charge in [0.05, 0.1) is 5.56 Å². The van der Waals surface area contributed by atoms with E-state index >= 15 is 0 Å². The van der Waals surface area contributed by atoms with Gasteiger partial charge in [0.1, 0.15) is 5.75 Å². The lowest BCUT2D eigenvalue weighted by Crippen LogP contribution is -2.25. The number of hydrogen-bond acceptors (Lipinski definition) is 5. The van der Waals surface area contributed by atoms with Crippen molar-refractivity contribution >= 4 is 17.5 Å². The van der Waals surface area contributed by atoms with E-state index in [1.165, 1.54) is 0 Å². The normalized spacial score (nSPS) is 11.6. The molecule has 152 valence electrons. The first kappa shape index (κ1) is 19.3. The highest BCUT2D eigenvalue weighted by molar-refractivity contribution is 5.97. The number of anilines is 1. The molecule has 4 rings (SSSR count). The molecule has 7 heteroatoms. The maximum atomic E-state index is 12.6. The molecule has 7 nitrogen and oxygen atoms in total. The zero-order chi connectivity index (χ0) is 20.8. The lowest BCUT2D eigenvalue weighted by molar-refractivity contribution is -0.118. The van der Waals surface area contributed by atoms with Crippen molar-refractivity contribution in [3.63, 3.8) is 0 Å². The Hall–Kier alpha value is -4.00. The van der Waals surface area contributed by atoms with E-state index in [2.05, 4.69) is 10.6 Å². The number of rotatable bonds is 7. The molecule has 0 saturated carbocycles. The van der Waals surface area contributed by atoms with E-state index in [-0.39, 0.29) is 25.2 Å². The summed E-state index contributed by atoms with van der Waals surface area (Å²) in [5.74, 6) is 0.928. The van der Waals surface area contributed by atoms with Crippen LogP contribution in [0.1, 0.15) is 15.9 Å². The SMILES string of the molecule is O=C(COc1ccccc1C(=O)NCc1ccccc1)Nc1ccc2c(c1)OCO2. The Morgan fingerprint density at radius 1 is 0.900 bits per heavy atom. The molecule has 1 aliphatic heterocycles. The zero-order valence-electron chi connectivity index (χ0n) is 16.1. The number of carbonyl (C=O) groups is 2. The summed E-state index contributed by atoms with van der Waals surface area (Å²) < 4.78 is 16.2. The predicted molar refractivity (Wildman–Crippen MR) is 111 cm³/mol. The highest BCUT2D eigenvalue weighted by atomic mass is 16.7. The summed E-state index contributed by atoms with van der Waals surface area (Å²) in [6.07, 6.45) is 0. The molecule has 0 aromatic heterocycles. The number of benzene rings is 3. The van der Waals surface area contributed by atoms with Crippen LogP contribution in [0, 0.1) is 0 Å². The molecule has 0 saturated heterocycles. The van der Waals surface area contributed by atoms with Crippen molar-refractivity contribution in [1.29, 1.82) is 0 Å². The first-order valence-electron chi connectivity index (χ1n) is 9.42. The molecular formula is C23H20N2O5. The number of ether oxygens (including phenoxy) is 3. The van der Waals surface area contributed by atoms with Gasteiger partial charge in [-0.25, -0.2) is 0 Å². The zero-order valence-corrected chi connectivity index (χ0v) is 16.1. The molecule has 1 heterocycles. The largest absolute Gasteiger partial charge is 0.483 e. The van der Waals surface area contributed by atoms with Gasteiger partial charge in [0.25, 0.3) is 11.8 Å². The van der Waals surface area contributed by atoms with Gasteiger partial charge in [-0.1, -0.05) is 42.5 Å². The van der Waals surface area contributed by atoms with Gasteiger partial charge >= 0.3 is 0 Å². The molecule has 3 aromatic rings. The lowest BCUT2D eigenvalue weighted by Gasteiger charge is -2.12. The molecule has 0 atom stereocenters. The number of amides is 2. The first-order chi connectivity index (χ1) is 14.7. The van der Waals surface area contributed by atoms with Crippen molar-refractivity contribution < 1.29 is 23.8 Å². The number of fused-ring (bicyclic) bond motifs is 1. The van der Waals surface area contributed by atoms with Gasteiger partial charge in [-0.3, -0.25) is 9.59 Å². The van der Waals surface area contributed by atoms with E-state index in [9.17, 15) is 9.59 Å². The van der Waals surface area contributed by atoms with Crippen LogP contribution in [-0.2, 0) is 11.3 Å². The summed E-state index contributed by atoms with van der Waals surface area (Å²) in [4.78, 5) is 24.8. The number of nitrogens with one attached hydrogen (secondary N) is 2. The molecule has 1 aliphatic rings. The Bertz CT molecular complexity index is 1050. The molecule has 2 N–H and O–H groups in total. The average molecular weight is 404 g/mol. The number of carbonyl (C=O) groups excluding carboxylic acids is 2. The molecule has 0 fully saturated rings. The molecule has 30 heavy (non-hydrogen) atoms. The maximum Gasteiger partial charge on any atom is 0.262 e. The Morgan fingerprint density at radius 3 is 2.53 bits per heavy atom. The van der Waals surface area contributed by atoms with E-state index in [1.54, 1.807) is 42.5 Å². The molecule has 0 radical (unpaired) electrons. The summed E-state index contributed by atoms with van der Waals surface area (Å²) in [6, 6.07) is 21.6. The molecule has 0 unspecified atom stereocenters. The lowest BCUT2D eigenvalue weighted by atomic mass is 10.1. The van der Waals surface area contributed by atoms with Crippen molar-refractivity contribution in [3.8, 4) is 17.2 Å². The maximum absolute atomic E-state index is 12.6. The van der Waals surface area contributed by atoms with Crippen LogP contribution in [0.3, 0.4) is 0 Å². The molecule has 2 amide bonds. The summed E-state index contributed by atoms with van der Waals surface area (Å²) in [5, 5.41) is 5.60. The van der Waals surface area contributed by atoms with Gasteiger partial charge in [0.15, 0.2) is 18.1 Å². The van der Waals surface area contributed by atoms with Gasteiger partial charge in [0.2, 0.25) is 6.79 Å². The third-order valence-electron chi connectivity index (χ3n) is 4.44. The Labute approximate surface area is 173 Å². The number of para-hydroxylation sites is 1. The van der Waals surface area contributed by atoms with E-state index < -0.39 is 0 Å². The van der Waals surface area contributed by atoms with Crippen LogP contribution in [0.4, 0.5) is 5.69 Å². The summed E-state index contributed by atoms with van der Waals surface area (Å²) in [6.45, 7) is 0.328. The number of hydrogen-bond donors (Lipinski definition) is 2. The first-order valence-corrected chi connectivity index (χ1v) is 9.42. The van der Waals surface area contributed by atoms with Crippen molar-refractivity contribution in [2.45, 2.75) is 6.54 Å². The van der Waals surface area contributed by atoms with Crippen LogP contribution in [0.5, 0.6) is 17.2 Å². The Kier molecular flexibility index (Phi) is 5.80. The van der Waals surface area contributed by atoms with Crippen molar-refractivity contribution in [1.82, 2.24) is 5.32 Å². The average Bonchev–Trinajstić information content (AvgIpc) is 3.25. The second kappa shape index (κ2) is 9.00. The minimum Gasteiger partial charge on any atom is -0.483 e. The fourth-order valence-corrected chi connectivity index (χ4v) is 2.97. The summed E-state index contributed by atoms with van der Waals surface area (Å²) in [5.41, 5.74) is 1.93. The fraction of sp³-hybridized carbons (Fsp3) is 0.130. The monoisotopic (exact) mass is 404 g/mol. The van der Waals surface area contributed by atoms with Crippen LogP contribution in [0.2, 0.25) is 0 Å². The third-order valence-corrected chi connectivity index (χ3v) is 4.44. The molecule has 0 aliphatic carbocycles. The van der Waals surface area contributed by atoms with Gasteiger partial charge < -0.3 is 24.8 Å². The van der Waals surface area contributed by atoms with Crippen LogP contribution in [0.25, 0.3) is 0 Å². The second-order valence-corrected chi connectivity index (χ2v) is 6.57. The summed E-state index contributed by atoms with van der Waals surface area (Å²) >= 11 is 0.